The lowest BCUT2D eigenvalue weighted by atomic mass is 10.1. The highest BCUT2D eigenvalue weighted by molar-refractivity contribution is 5.95. The molecule has 0 bridgehead atoms. The van der Waals surface area contributed by atoms with Gasteiger partial charge in [-0.15, -0.1) is 0 Å². The Morgan fingerprint density at radius 1 is 1.55 bits per heavy atom. The third-order valence-corrected chi connectivity index (χ3v) is 3.05. The van der Waals surface area contributed by atoms with E-state index in [9.17, 15) is 14.9 Å². The van der Waals surface area contributed by atoms with Crippen molar-refractivity contribution in [2.75, 3.05) is 25.5 Å². The first-order valence-corrected chi connectivity index (χ1v) is 6.32. The number of hydrogen-bond donors (Lipinski definition) is 2. The molecule has 0 aliphatic carbocycles. The molecular formula is C13H19N3O4. The summed E-state index contributed by atoms with van der Waals surface area (Å²) in [5, 5.41) is 23.0. The molecule has 0 aromatic heterocycles. The molecule has 0 aliphatic heterocycles. The van der Waals surface area contributed by atoms with Crippen LogP contribution in [0.1, 0.15) is 24.2 Å². The molecule has 0 fully saturated rings. The summed E-state index contributed by atoms with van der Waals surface area (Å²) in [7, 11) is 1.55. The van der Waals surface area contributed by atoms with Crippen molar-refractivity contribution in [2.45, 2.75) is 19.9 Å². The number of carbonyl (C=O) groups excluding carboxylic acids is 1. The maximum Gasteiger partial charge on any atom is 0.293 e. The number of carbonyl (C=O) groups is 1. The number of nitro groups is 1. The molecule has 0 spiro atoms. The normalized spacial score (nSPS) is 11.8. The summed E-state index contributed by atoms with van der Waals surface area (Å²) < 4.78 is 0. The van der Waals surface area contributed by atoms with Crippen LogP contribution in [0, 0.1) is 10.1 Å². The first kappa shape index (κ1) is 15.9. The van der Waals surface area contributed by atoms with Crippen LogP contribution in [0.15, 0.2) is 18.2 Å². The molecule has 2 N–H and O–H groups in total. The number of amides is 1. The Hall–Kier alpha value is -2.15. The maximum absolute atomic E-state index is 12.2. The smallest absolute Gasteiger partial charge is 0.293 e. The molecule has 7 heteroatoms. The number of anilines is 1. The summed E-state index contributed by atoms with van der Waals surface area (Å²) in [5.74, 6) is -0.363. The van der Waals surface area contributed by atoms with Gasteiger partial charge < -0.3 is 15.3 Å². The van der Waals surface area contributed by atoms with Crippen LogP contribution in [0.3, 0.4) is 0 Å². The molecule has 7 nitrogen and oxygen atoms in total. The van der Waals surface area contributed by atoms with E-state index in [2.05, 4.69) is 5.32 Å². The SMILES string of the molecule is CCNc1ccc(C(=O)N(C)C(C)CO)cc1[N+](=O)[O-]. The molecule has 1 unspecified atom stereocenters. The number of aliphatic hydroxyl groups excluding tert-OH is 1. The van der Waals surface area contributed by atoms with E-state index < -0.39 is 4.92 Å². The molecular weight excluding hydrogens is 262 g/mol. The highest BCUT2D eigenvalue weighted by Gasteiger charge is 2.21. The molecule has 1 aromatic carbocycles. The van der Waals surface area contributed by atoms with Gasteiger partial charge in [0.15, 0.2) is 0 Å². The summed E-state index contributed by atoms with van der Waals surface area (Å²) in [6, 6.07) is 3.95. The topological polar surface area (TPSA) is 95.7 Å². The van der Waals surface area contributed by atoms with Gasteiger partial charge in [0, 0.05) is 25.2 Å². The fraction of sp³-hybridized carbons (Fsp3) is 0.462. The Balaban J connectivity index is 3.11. The van der Waals surface area contributed by atoms with Crippen molar-refractivity contribution < 1.29 is 14.8 Å². The van der Waals surface area contributed by atoms with Gasteiger partial charge in [0.25, 0.3) is 11.6 Å². The van der Waals surface area contributed by atoms with Crippen molar-refractivity contribution >= 4 is 17.3 Å². The third kappa shape index (κ3) is 3.45. The van der Waals surface area contributed by atoms with Crippen molar-refractivity contribution in [2.24, 2.45) is 0 Å². The minimum Gasteiger partial charge on any atom is -0.394 e. The summed E-state index contributed by atoms with van der Waals surface area (Å²) in [4.78, 5) is 24.0. The molecule has 0 saturated heterocycles. The van der Waals surface area contributed by atoms with Crippen LogP contribution < -0.4 is 5.32 Å². The molecule has 110 valence electrons. The van der Waals surface area contributed by atoms with Crippen molar-refractivity contribution in [3.8, 4) is 0 Å². The summed E-state index contributed by atoms with van der Waals surface area (Å²) in [6.45, 7) is 3.91. The van der Waals surface area contributed by atoms with E-state index in [-0.39, 0.29) is 29.8 Å². The molecule has 0 aliphatic rings. The Labute approximate surface area is 117 Å². The average Bonchev–Trinajstić information content (AvgIpc) is 2.45. The quantitative estimate of drug-likeness (QED) is 0.608. The first-order chi connectivity index (χ1) is 9.42. The van der Waals surface area contributed by atoms with E-state index in [0.717, 1.165) is 0 Å². The number of hydrogen-bond acceptors (Lipinski definition) is 5. The molecule has 0 radical (unpaired) electrons. The van der Waals surface area contributed by atoms with Crippen LogP contribution in [-0.4, -0.2) is 47.1 Å². The van der Waals surface area contributed by atoms with Gasteiger partial charge in [-0.3, -0.25) is 14.9 Å². The van der Waals surface area contributed by atoms with Crippen LogP contribution in [0.2, 0.25) is 0 Å². The summed E-state index contributed by atoms with van der Waals surface area (Å²) in [5.41, 5.74) is 0.468. The number of nitrogens with zero attached hydrogens (tertiary/aromatic N) is 2. The maximum atomic E-state index is 12.2. The predicted molar refractivity (Wildman–Crippen MR) is 75.9 cm³/mol. The number of nitrogens with one attached hydrogen (secondary N) is 1. The number of benzene rings is 1. The van der Waals surface area contributed by atoms with Crippen LogP contribution >= 0.6 is 0 Å². The van der Waals surface area contributed by atoms with Crippen molar-refractivity contribution in [3.05, 3.63) is 33.9 Å². The second-order valence-electron chi connectivity index (χ2n) is 4.47. The first-order valence-electron chi connectivity index (χ1n) is 6.32. The fourth-order valence-corrected chi connectivity index (χ4v) is 1.68. The van der Waals surface area contributed by atoms with Gasteiger partial charge in [-0.2, -0.15) is 0 Å². The summed E-state index contributed by atoms with van der Waals surface area (Å²) >= 11 is 0. The van der Waals surface area contributed by atoms with E-state index in [1.807, 2.05) is 6.92 Å². The van der Waals surface area contributed by atoms with Gasteiger partial charge in [0.1, 0.15) is 5.69 Å². The summed E-state index contributed by atoms with van der Waals surface area (Å²) in [6.07, 6.45) is 0. The van der Waals surface area contributed by atoms with Gasteiger partial charge in [0.05, 0.1) is 17.6 Å². The van der Waals surface area contributed by atoms with Gasteiger partial charge in [-0.1, -0.05) is 0 Å². The van der Waals surface area contributed by atoms with Crippen LogP contribution in [0.25, 0.3) is 0 Å². The molecule has 1 rings (SSSR count). The standard InChI is InChI=1S/C13H19N3O4/c1-4-14-11-6-5-10(7-12(11)16(19)20)13(18)15(3)9(2)8-17/h5-7,9,14,17H,4,8H2,1-3H3. The minimum atomic E-state index is -0.524. The van der Waals surface area contributed by atoms with E-state index >= 15 is 0 Å². The lowest BCUT2D eigenvalue weighted by molar-refractivity contribution is -0.384. The Kier molecular flexibility index (Phi) is 5.45. The number of nitro benzene ring substituents is 1. The molecule has 20 heavy (non-hydrogen) atoms. The Morgan fingerprint density at radius 2 is 2.20 bits per heavy atom. The van der Waals surface area contributed by atoms with E-state index in [1.54, 1.807) is 14.0 Å². The highest BCUT2D eigenvalue weighted by atomic mass is 16.6. The van der Waals surface area contributed by atoms with Crippen LogP contribution in [0.4, 0.5) is 11.4 Å². The fourth-order valence-electron chi connectivity index (χ4n) is 1.68. The van der Waals surface area contributed by atoms with E-state index in [4.69, 9.17) is 5.11 Å². The van der Waals surface area contributed by atoms with Crippen molar-refractivity contribution in [1.29, 1.82) is 0 Å². The Bertz CT molecular complexity index is 504. The molecule has 1 aromatic rings. The molecule has 0 heterocycles. The van der Waals surface area contributed by atoms with Gasteiger partial charge in [-0.05, 0) is 26.0 Å². The van der Waals surface area contributed by atoms with Crippen molar-refractivity contribution in [1.82, 2.24) is 4.90 Å². The predicted octanol–water partition coefficient (Wildman–Crippen LogP) is 1.48. The zero-order valence-corrected chi connectivity index (χ0v) is 11.8. The number of rotatable bonds is 6. The zero-order chi connectivity index (χ0) is 15.3. The molecule has 0 saturated carbocycles. The third-order valence-electron chi connectivity index (χ3n) is 3.05. The molecule has 1 atom stereocenters. The van der Waals surface area contributed by atoms with Crippen LogP contribution in [0.5, 0.6) is 0 Å². The Morgan fingerprint density at radius 3 is 2.70 bits per heavy atom. The van der Waals surface area contributed by atoms with E-state index in [0.29, 0.717) is 12.2 Å². The second-order valence-corrected chi connectivity index (χ2v) is 4.47. The minimum absolute atomic E-state index is 0.136. The van der Waals surface area contributed by atoms with Gasteiger partial charge in [-0.25, -0.2) is 0 Å². The molecule has 1 amide bonds. The van der Waals surface area contributed by atoms with Gasteiger partial charge >= 0.3 is 0 Å². The van der Waals surface area contributed by atoms with E-state index in [1.165, 1.54) is 23.1 Å². The number of likely N-dealkylation sites (N-methyl/N-ethyl adjacent to an activating group) is 1. The zero-order valence-electron chi connectivity index (χ0n) is 11.8. The van der Waals surface area contributed by atoms with Crippen molar-refractivity contribution in [3.63, 3.8) is 0 Å². The lowest BCUT2D eigenvalue weighted by Crippen LogP contribution is -2.37. The monoisotopic (exact) mass is 281 g/mol. The lowest BCUT2D eigenvalue weighted by Gasteiger charge is -2.23. The average molecular weight is 281 g/mol. The number of aliphatic hydroxyl groups is 1. The highest BCUT2D eigenvalue weighted by Crippen LogP contribution is 2.26. The van der Waals surface area contributed by atoms with Crippen LogP contribution in [-0.2, 0) is 0 Å². The van der Waals surface area contributed by atoms with Gasteiger partial charge in [0.2, 0.25) is 0 Å². The second kappa shape index (κ2) is 6.85. The largest absolute Gasteiger partial charge is 0.394 e.